The van der Waals surface area contributed by atoms with Gasteiger partial charge >= 0.3 is 16.1 Å². The van der Waals surface area contributed by atoms with Gasteiger partial charge in [-0.3, -0.25) is 0 Å². The van der Waals surface area contributed by atoms with E-state index in [0.717, 1.165) is 17.7 Å². The molecule has 0 unspecified atom stereocenters. The predicted molar refractivity (Wildman–Crippen MR) is 83.4 cm³/mol. The molecular formula is C15H15NO6S. The van der Waals surface area contributed by atoms with Gasteiger partial charge in [-0.15, -0.1) is 0 Å². The number of anilines is 1. The number of benzene rings is 2. The van der Waals surface area contributed by atoms with Crippen LogP contribution in [0.1, 0.15) is 15.9 Å². The molecule has 2 aromatic carbocycles. The van der Waals surface area contributed by atoms with Crippen molar-refractivity contribution < 1.29 is 27.2 Å². The molecule has 8 heteroatoms. The summed E-state index contributed by atoms with van der Waals surface area (Å²) in [6, 6.07) is 8.30. The number of aryl methyl sites for hydroxylation is 1. The van der Waals surface area contributed by atoms with Crippen molar-refractivity contribution >= 4 is 21.8 Å². The van der Waals surface area contributed by atoms with Gasteiger partial charge in [-0.05, 0) is 31.2 Å². The molecule has 2 rings (SSSR count). The smallest absolute Gasteiger partial charge is 0.339 e. The minimum atomic E-state index is -4.13. The van der Waals surface area contributed by atoms with E-state index in [9.17, 15) is 13.2 Å². The molecule has 0 radical (unpaired) electrons. The van der Waals surface area contributed by atoms with Crippen molar-refractivity contribution in [1.29, 1.82) is 0 Å². The zero-order valence-electron chi connectivity index (χ0n) is 12.4. The lowest BCUT2D eigenvalue weighted by Gasteiger charge is -2.13. The van der Waals surface area contributed by atoms with E-state index in [0.29, 0.717) is 0 Å². The number of rotatable bonds is 5. The van der Waals surface area contributed by atoms with Gasteiger partial charge in [-0.2, -0.15) is 8.42 Å². The number of aromatic carboxylic acids is 1. The Kier molecular flexibility index (Phi) is 4.46. The summed E-state index contributed by atoms with van der Waals surface area (Å²) in [5.74, 6) is -1.56. The van der Waals surface area contributed by atoms with Gasteiger partial charge in [-0.1, -0.05) is 17.7 Å². The maximum atomic E-state index is 12.3. The fraction of sp³-hybridized carbons (Fsp3) is 0.133. The number of nitrogen functional groups attached to an aromatic ring is 1. The number of hydrogen-bond acceptors (Lipinski definition) is 6. The van der Waals surface area contributed by atoms with Crippen LogP contribution in [0, 0.1) is 6.92 Å². The summed E-state index contributed by atoms with van der Waals surface area (Å²) in [6.07, 6.45) is 0. The topological polar surface area (TPSA) is 116 Å². The van der Waals surface area contributed by atoms with Crippen molar-refractivity contribution in [2.24, 2.45) is 0 Å². The van der Waals surface area contributed by atoms with E-state index < -0.39 is 16.1 Å². The van der Waals surface area contributed by atoms with Gasteiger partial charge in [0.1, 0.15) is 4.90 Å². The number of methoxy groups -OCH3 is 1. The van der Waals surface area contributed by atoms with Crippen LogP contribution in [0.4, 0.5) is 5.69 Å². The van der Waals surface area contributed by atoms with Crippen molar-refractivity contribution in [3.63, 3.8) is 0 Å². The summed E-state index contributed by atoms with van der Waals surface area (Å²) in [5, 5.41) is 8.99. The van der Waals surface area contributed by atoms with E-state index in [1.54, 1.807) is 12.1 Å². The normalized spacial score (nSPS) is 11.0. The molecular weight excluding hydrogens is 322 g/mol. The molecule has 0 fully saturated rings. The van der Waals surface area contributed by atoms with Gasteiger partial charge in [0.15, 0.2) is 5.75 Å². The Bertz CT molecular complexity index is 843. The highest BCUT2D eigenvalue weighted by Gasteiger charge is 2.22. The summed E-state index contributed by atoms with van der Waals surface area (Å²) in [4.78, 5) is 11.0. The zero-order chi connectivity index (χ0) is 17.2. The quantitative estimate of drug-likeness (QED) is 0.633. The average molecular weight is 337 g/mol. The van der Waals surface area contributed by atoms with Gasteiger partial charge in [0.25, 0.3) is 0 Å². The third kappa shape index (κ3) is 3.54. The average Bonchev–Trinajstić information content (AvgIpc) is 2.49. The lowest BCUT2D eigenvalue weighted by molar-refractivity contribution is 0.0696. The molecule has 23 heavy (non-hydrogen) atoms. The Hall–Kier alpha value is -2.74. The van der Waals surface area contributed by atoms with Gasteiger partial charge in [0.2, 0.25) is 5.75 Å². The standard InChI is InChI=1S/C15H15NO6S/c1-9-3-5-11(6-4-9)23(19,20)22-14-12(16)7-10(15(17)18)8-13(14)21-2/h3-8H,16H2,1-2H3,(H,17,18). The molecule has 0 aliphatic heterocycles. The van der Waals surface area contributed by atoms with Gasteiger partial charge < -0.3 is 19.8 Å². The maximum Gasteiger partial charge on any atom is 0.339 e. The summed E-state index contributed by atoms with van der Waals surface area (Å²) in [6.45, 7) is 1.82. The number of carboxylic acid groups (broad SMARTS) is 1. The SMILES string of the molecule is COc1cc(C(=O)O)cc(N)c1OS(=O)(=O)c1ccc(C)cc1. The van der Waals surface area contributed by atoms with Crippen LogP contribution in [-0.2, 0) is 10.1 Å². The minimum Gasteiger partial charge on any atom is -0.493 e. The van der Waals surface area contributed by atoms with Crippen molar-refractivity contribution in [2.45, 2.75) is 11.8 Å². The molecule has 0 saturated heterocycles. The second-order valence-corrected chi connectivity index (χ2v) is 6.30. The van der Waals surface area contributed by atoms with E-state index in [4.69, 9.17) is 19.8 Å². The Labute approximate surface area is 133 Å². The first-order valence-electron chi connectivity index (χ1n) is 6.46. The fourth-order valence-electron chi connectivity index (χ4n) is 1.85. The van der Waals surface area contributed by atoms with Crippen LogP contribution in [0.25, 0.3) is 0 Å². The molecule has 0 spiro atoms. The Morgan fingerprint density at radius 1 is 1.17 bits per heavy atom. The highest BCUT2D eigenvalue weighted by Crippen LogP contribution is 2.37. The van der Waals surface area contributed by atoms with E-state index >= 15 is 0 Å². The third-order valence-electron chi connectivity index (χ3n) is 3.05. The molecule has 3 N–H and O–H groups in total. The van der Waals surface area contributed by atoms with Crippen LogP contribution in [0.3, 0.4) is 0 Å². The summed E-state index contributed by atoms with van der Waals surface area (Å²) in [7, 11) is -2.87. The van der Waals surface area contributed by atoms with Crippen LogP contribution in [0.5, 0.6) is 11.5 Å². The van der Waals surface area contributed by atoms with E-state index in [2.05, 4.69) is 0 Å². The summed E-state index contributed by atoms with van der Waals surface area (Å²) >= 11 is 0. The number of hydrogen-bond donors (Lipinski definition) is 2. The highest BCUT2D eigenvalue weighted by molar-refractivity contribution is 7.87. The Morgan fingerprint density at radius 2 is 1.78 bits per heavy atom. The van der Waals surface area contributed by atoms with E-state index in [1.165, 1.54) is 19.2 Å². The first-order valence-corrected chi connectivity index (χ1v) is 7.87. The molecule has 0 amide bonds. The monoisotopic (exact) mass is 337 g/mol. The summed E-state index contributed by atoms with van der Waals surface area (Å²) < 4.78 is 34.6. The van der Waals surface area contributed by atoms with Crippen LogP contribution in [-0.4, -0.2) is 26.6 Å². The van der Waals surface area contributed by atoms with Gasteiger partial charge in [0.05, 0.1) is 18.4 Å². The van der Waals surface area contributed by atoms with Crippen LogP contribution in [0.2, 0.25) is 0 Å². The molecule has 0 bridgehead atoms. The Balaban J connectivity index is 2.46. The number of nitrogens with two attached hydrogens (primary N) is 1. The van der Waals surface area contributed by atoms with Gasteiger partial charge in [-0.25, -0.2) is 4.79 Å². The third-order valence-corrected chi connectivity index (χ3v) is 4.29. The first kappa shape index (κ1) is 16.6. The highest BCUT2D eigenvalue weighted by atomic mass is 32.2. The Morgan fingerprint density at radius 3 is 2.30 bits per heavy atom. The predicted octanol–water partition coefficient (Wildman–Crippen LogP) is 2.05. The second-order valence-electron chi connectivity index (χ2n) is 4.75. The summed E-state index contributed by atoms with van der Waals surface area (Å²) in [5.41, 5.74) is 6.31. The minimum absolute atomic E-state index is 0.0492. The van der Waals surface area contributed by atoms with Crippen molar-refractivity contribution in [3.05, 3.63) is 47.5 Å². The molecule has 0 aromatic heterocycles. The molecule has 0 atom stereocenters. The van der Waals surface area contributed by atoms with Crippen LogP contribution >= 0.6 is 0 Å². The van der Waals surface area contributed by atoms with Crippen LogP contribution in [0.15, 0.2) is 41.3 Å². The lowest BCUT2D eigenvalue weighted by atomic mass is 10.2. The number of carboxylic acids is 1. The fourth-order valence-corrected chi connectivity index (χ4v) is 2.81. The van der Waals surface area contributed by atoms with Gasteiger partial charge in [0, 0.05) is 0 Å². The molecule has 122 valence electrons. The number of carbonyl (C=O) groups is 1. The lowest BCUT2D eigenvalue weighted by Crippen LogP contribution is -2.12. The van der Waals surface area contributed by atoms with Crippen molar-refractivity contribution in [3.8, 4) is 11.5 Å². The largest absolute Gasteiger partial charge is 0.493 e. The molecule has 0 aliphatic rings. The van der Waals surface area contributed by atoms with Crippen molar-refractivity contribution in [1.82, 2.24) is 0 Å². The first-order chi connectivity index (χ1) is 10.7. The van der Waals surface area contributed by atoms with E-state index in [-0.39, 0.29) is 27.6 Å². The van der Waals surface area contributed by atoms with E-state index in [1.807, 2.05) is 6.92 Å². The number of ether oxygens (including phenoxy) is 1. The molecule has 7 nitrogen and oxygen atoms in total. The zero-order valence-corrected chi connectivity index (χ0v) is 13.3. The van der Waals surface area contributed by atoms with Crippen LogP contribution < -0.4 is 14.7 Å². The molecule has 0 heterocycles. The molecule has 2 aromatic rings. The molecule has 0 saturated carbocycles. The maximum absolute atomic E-state index is 12.3. The molecule has 0 aliphatic carbocycles. The van der Waals surface area contributed by atoms with Crippen molar-refractivity contribution in [2.75, 3.05) is 12.8 Å². The second kappa shape index (κ2) is 6.17.